The molecule has 2 rings (SSSR count). The van der Waals surface area contributed by atoms with Gasteiger partial charge in [-0.2, -0.15) is 13.2 Å². The van der Waals surface area contributed by atoms with Crippen LogP contribution in [0.15, 0.2) is 24.3 Å². The summed E-state index contributed by atoms with van der Waals surface area (Å²) in [5.74, 6) is -2.80. The van der Waals surface area contributed by atoms with E-state index < -0.39 is 30.3 Å². The average molecular weight is 386 g/mol. The van der Waals surface area contributed by atoms with Gasteiger partial charge in [-0.25, -0.2) is 4.79 Å². The quantitative estimate of drug-likeness (QED) is 0.623. The highest BCUT2D eigenvalue weighted by atomic mass is 19.4. The number of ether oxygens (including phenoxy) is 1. The summed E-state index contributed by atoms with van der Waals surface area (Å²) in [6.45, 7) is 0.894. The molecule has 0 spiro atoms. The number of nitrogens with zero attached hydrogens (tertiary/aromatic N) is 1. The zero-order valence-electron chi connectivity index (χ0n) is 13.4. The number of rotatable bonds is 5. The molecule has 1 N–H and O–H groups in total. The molecule has 0 radical (unpaired) electrons. The zero-order chi connectivity index (χ0) is 19.4. The molecule has 0 unspecified atom stereocenters. The van der Waals surface area contributed by atoms with Crippen LogP contribution >= 0.6 is 0 Å². The highest BCUT2D eigenvalue weighted by Crippen LogP contribution is 2.25. The number of nitrogens with one attached hydrogen (secondary N) is 1. The second-order valence-electron chi connectivity index (χ2n) is 5.62. The molecule has 146 valence electrons. The standard InChI is InChI=1S/C15H16F6N2O3/c16-14(17,18)13(24)26-23(11-5-7-22-8-6-11)9-10-1-3-12(4-2-10)25-15(19,20)21/h1-4,11,22H,5-9H2. The van der Waals surface area contributed by atoms with Gasteiger partial charge in [-0.3, -0.25) is 0 Å². The lowest BCUT2D eigenvalue weighted by molar-refractivity contribution is -0.274. The van der Waals surface area contributed by atoms with Crippen molar-refractivity contribution in [3.05, 3.63) is 29.8 Å². The summed E-state index contributed by atoms with van der Waals surface area (Å²) in [6, 6.07) is 4.16. The van der Waals surface area contributed by atoms with Gasteiger partial charge < -0.3 is 14.9 Å². The Labute approximate surface area is 144 Å². The van der Waals surface area contributed by atoms with Gasteiger partial charge >= 0.3 is 18.5 Å². The van der Waals surface area contributed by atoms with Crippen LogP contribution in [-0.2, 0) is 16.2 Å². The molecule has 1 aliphatic rings. The highest BCUT2D eigenvalue weighted by molar-refractivity contribution is 5.75. The Kier molecular flexibility index (Phi) is 6.34. The number of hydrogen-bond acceptors (Lipinski definition) is 5. The van der Waals surface area contributed by atoms with Crippen LogP contribution in [0.1, 0.15) is 18.4 Å². The van der Waals surface area contributed by atoms with E-state index in [0.29, 0.717) is 31.5 Å². The summed E-state index contributed by atoms with van der Waals surface area (Å²) in [7, 11) is 0. The minimum atomic E-state index is -5.14. The Morgan fingerprint density at radius 2 is 1.65 bits per heavy atom. The Balaban J connectivity index is 2.08. The highest BCUT2D eigenvalue weighted by Gasteiger charge is 2.43. The number of carbonyl (C=O) groups is 1. The first kappa shape index (κ1) is 20.3. The molecule has 0 amide bonds. The number of piperidine rings is 1. The van der Waals surface area contributed by atoms with E-state index in [0.717, 1.165) is 17.2 Å². The summed E-state index contributed by atoms with van der Waals surface area (Å²) in [6.07, 6.45) is -9.07. The lowest BCUT2D eigenvalue weighted by atomic mass is 10.1. The summed E-state index contributed by atoms with van der Waals surface area (Å²) in [5.41, 5.74) is 0.369. The van der Waals surface area contributed by atoms with Gasteiger partial charge in [0.05, 0.1) is 6.54 Å². The van der Waals surface area contributed by atoms with Crippen LogP contribution in [-0.4, -0.2) is 42.7 Å². The molecular formula is C15H16F6N2O3. The van der Waals surface area contributed by atoms with Crippen molar-refractivity contribution in [1.82, 2.24) is 10.4 Å². The molecule has 1 aromatic carbocycles. The van der Waals surface area contributed by atoms with Gasteiger partial charge in [0.2, 0.25) is 0 Å². The van der Waals surface area contributed by atoms with Gasteiger partial charge in [0.15, 0.2) is 0 Å². The number of hydrogen-bond donors (Lipinski definition) is 1. The normalized spacial score (nSPS) is 16.6. The van der Waals surface area contributed by atoms with Gasteiger partial charge in [0.25, 0.3) is 0 Å². The molecule has 1 aromatic rings. The Morgan fingerprint density at radius 1 is 1.08 bits per heavy atom. The maximum absolute atomic E-state index is 12.5. The van der Waals surface area contributed by atoms with E-state index >= 15 is 0 Å². The predicted molar refractivity (Wildman–Crippen MR) is 76.7 cm³/mol. The summed E-state index contributed by atoms with van der Waals surface area (Å²) >= 11 is 0. The third kappa shape index (κ3) is 6.37. The topological polar surface area (TPSA) is 50.8 Å². The number of alkyl halides is 6. The molecule has 1 fully saturated rings. The predicted octanol–water partition coefficient (Wildman–Crippen LogP) is 3.16. The van der Waals surface area contributed by atoms with E-state index in [1.807, 2.05) is 0 Å². The third-order valence-electron chi connectivity index (χ3n) is 3.64. The van der Waals surface area contributed by atoms with Crippen molar-refractivity contribution < 1.29 is 40.7 Å². The molecule has 5 nitrogen and oxygen atoms in total. The van der Waals surface area contributed by atoms with E-state index in [9.17, 15) is 31.1 Å². The lowest BCUT2D eigenvalue weighted by Gasteiger charge is -2.33. The van der Waals surface area contributed by atoms with Crippen LogP contribution in [0.3, 0.4) is 0 Å². The number of benzene rings is 1. The van der Waals surface area contributed by atoms with Crippen molar-refractivity contribution in [2.45, 2.75) is 38.0 Å². The second-order valence-corrected chi connectivity index (χ2v) is 5.62. The largest absolute Gasteiger partial charge is 0.573 e. The molecule has 0 saturated carbocycles. The van der Waals surface area contributed by atoms with Crippen LogP contribution in [0, 0.1) is 0 Å². The van der Waals surface area contributed by atoms with Crippen molar-refractivity contribution in [1.29, 1.82) is 0 Å². The molecule has 11 heteroatoms. The van der Waals surface area contributed by atoms with E-state index in [4.69, 9.17) is 0 Å². The molecule has 26 heavy (non-hydrogen) atoms. The molecule has 1 heterocycles. The minimum absolute atomic E-state index is 0.196. The Bertz CT molecular complexity index is 597. The fourth-order valence-electron chi connectivity index (χ4n) is 2.47. The Hall–Kier alpha value is -2.01. The van der Waals surface area contributed by atoms with Crippen LogP contribution in [0.5, 0.6) is 5.75 Å². The van der Waals surface area contributed by atoms with Gasteiger partial charge in [-0.1, -0.05) is 12.1 Å². The van der Waals surface area contributed by atoms with Crippen LogP contribution in [0.2, 0.25) is 0 Å². The van der Waals surface area contributed by atoms with Crippen molar-refractivity contribution in [3.8, 4) is 5.75 Å². The maximum Gasteiger partial charge on any atom is 0.573 e. The summed E-state index contributed by atoms with van der Waals surface area (Å²) < 4.78 is 77.6. The van der Waals surface area contributed by atoms with E-state index in [-0.39, 0.29) is 6.54 Å². The third-order valence-corrected chi connectivity index (χ3v) is 3.64. The van der Waals surface area contributed by atoms with Crippen LogP contribution in [0.4, 0.5) is 26.3 Å². The average Bonchev–Trinajstić information content (AvgIpc) is 2.54. The van der Waals surface area contributed by atoms with E-state index in [2.05, 4.69) is 14.9 Å². The minimum Gasteiger partial charge on any atom is -0.406 e. The first-order chi connectivity index (χ1) is 12.0. The summed E-state index contributed by atoms with van der Waals surface area (Å²) in [4.78, 5) is 15.7. The first-order valence-electron chi connectivity index (χ1n) is 7.66. The van der Waals surface area contributed by atoms with Gasteiger partial charge in [0.1, 0.15) is 5.75 Å². The molecule has 1 aliphatic heterocycles. The first-order valence-corrected chi connectivity index (χ1v) is 7.66. The summed E-state index contributed by atoms with van der Waals surface area (Å²) in [5, 5.41) is 3.96. The van der Waals surface area contributed by atoms with Gasteiger partial charge in [-0.15, -0.1) is 18.2 Å². The van der Waals surface area contributed by atoms with Crippen LogP contribution < -0.4 is 10.1 Å². The second kappa shape index (κ2) is 8.12. The lowest BCUT2D eigenvalue weighted by Crippen LogP contribution is -2.45. The molecule has 0 aromatic heterocycles. The monoisotopic (exact) mass is 386 g/mol. The number of carbonyl (C=O) groups excluding carboxylic acids is 1. The molecular weight excluding hydrogens is 370 g/mol. The SMILES string of the molecule is O=C(ON(Cc1ccc(OC(F)(F)F)cc1)C1CCNCC1)C(F)(F)F. The smallest absolute Gasteiger partial charge is 0.406 e. The van der Waals surface area contributed by atoms with Gasteiger partial charge in [0, 0.05) is 6.04 Å². The van der Waals surface area contributed by atoms with Crippen molar-refractivity contribution in [2.24, 2.45) is 0 Å². The maximum atomic E-state index is 12.5. The van der Waals surface area contributed by atoms with Crippen molar-refractivity contribution in [3.63, 3.8) is 0 Å². The van der Waals surface area contributed by atoms with E-state index in [1.54, 1.807) is 0 Å². The van der Waals surface area contributed by atoms with Crippen molar-refractivity contribution >= 4 is 5.97 Å². The van der Waals surface area contributed by atoms with Crippen molar-refractivity contribution in [2.75, 3.05) is 13.1 Å². The molecule has 0 bridgehead atoms. The zero-order valence-corrected chi connectivity index (χ0v) is 13.4. The molecule has 0 aliphatic carbocycles. The van der Waals surface area contributed by atoms with E-state index in [1.165, 1.54) is 12.1 Å². The number of halogens is 6. The van der Waals surface area contributed by atoms with Gasteiger partial charge in [-0.05, 0) is 43.6 Å². The van der Waals surface area contributed by atoms with Crippen LogP contribution in [0.25, 0.3) is 0 Å². The molecule has 0 atom stereocenters. The fraction of sp³-hybridized carbons (Fsp3) is 0.533. The molecule has 1 saturated heterocycles. The fourth-order valence-corrected chi connectivity index (χ4v) is 2.47. The Morgan fingerprint density at radius 3 is 2.15 bits per heavy atom. The number of hydroxylamine groups is 2.